The lowest BCUT2D eigenvalue weighted by Gasteiger charge is -2.01. The summed E-state index contributed by atoms with van der Waals surface area (Å²) in [6, 6.07) is 10.9. The van der Waals surface area contributed by atoms with Crippen molar-refractivity contribution >= 4 is 11.6 Å². The van der Waals surface area contributed by atoms with Crippen LogP contribution in [-0.4, -0.2) is 25.3 Å². The molecule has 0 radical (unpaired) electrons. The van der Waals surface area contributed by atoms with E-state index in [1.165, 1.54) is 0 Å². The van der Waals surface area contributed by atoms with Crippen LogP contribution in [0.25, 0.3) is 22.8 Å². The first-order valence-corrected chi connectivity index (χ1v) is 8.39. The van der Waals surface area contributed by atoms with Crippen molar-refractivity contribution < 1.29 is 8.94 Å². The lowest BCUT2D eigenvalue weighted by molar-refractivity contribution is 0.350. The van der Waals surface area contributed by atoms with E-state index in [4.69, 9.17) is 20.5 Å². The van der Waals surface area contributed by atoms with Gasteiger partial charge in [0.25, 0.3) is 0 Å². The monoisotopic (exact) mass is 367 g/mol. The average Bonchev–Trinajstić information content (AvgIpc) is 3.32. The fourth-order valence-corrected chi connectivity index (χ4v) is 2.67. The third-order valence-electron chi connectivity index (χ3n) is 3.82. The minimum atomic E-state index is -0.0684. The van der Waals surface area contributed by atoms with Gasteiger partial charge in [0.15, 0.2) is 0 Å². The van der Waals surface area contributed by atoms with Crippen LogP contribution in [0.3, 0.4) is 0 Å². The Labute approximate surface area is 154 Å². The Bertz CT molecular complexity index is 1020. The van der Waals surface area contributed by atoms with Gasteiger partial charge in [0, 0.05) is 40.9 Å². The topological polar surface area (TPSA) is 90.7 Å². The maximum atomic E-state index is 6.01. The second-order valence-electron chi connectivity index (χ2n) is 5.81. The Kier molecular flexibility index (Phi) is 4.45. The molecule has 0 bridgehead atoms. The van der Waals surface area contributed by atoms with Crippen LogP contribution in [0.2, 0.25) is 5.02 Å². The molecule has 130 valence electrons. The van der Waals surface area contributed by atoms with Crippen molar-refractivity contribution in [3.05, 3.63) is 65.6 Å². The molecule has 0 saturated carbocycles. The quantitative estimate of drug-likeness (QED) is 0.522. The van der Waals surface area contributed by atoms with Gasteiger partial charge >= 0.3 is 0 Å². The molecule has 7 nitrogen and oxygen atoms in total. The Morgan fingerprint density at radius 2 is 1.92 bits per heavy atom. The molecule has 4 rings (SSSR count). The van der Waals surface area contributed by atoms with Gasteiger partial charge in [-0.25, -0.2) is 0 Å². The van der Waals surface area contributed by atoms with Crippen molar-refractivity contribution in [2.75, 3.05) is 0 Å². The molecule has 0 aliphatic rings. The summed E-state index contributed by atoms with van der Waals surface area (Å²) >= 11 is 6.01. The summed E-state index contributed by atoms with van der Waals surface area (Å²) in [5, 5.41) is 12.8. The smallest absolute Gasteiger partial charge is 0.247 e. The van der Waals surface area contributed by atoms with E-state index in [-0.39, 0.29) is 5.92 Å². The molecular formula is C18H14ClN5O2. The summed E-state index contributed by atoms with van der Waals surface area (Å²) in [7, 11) is 0. The Morgan fingerprint density at radius 3 is 2.73 bits per heavy atom. The van der Waals surface area contributed by atoms with E-state index in [1.54, 1.807) is 24.5 Å². The number of hydrogen-bond acceptors (Lipinski definition) is 7. The molecule has 0 spiro atoms. The average molecular weight is 368 g/mol. The van der Waals surface area contributed by atoms with Crippen LogP contribution in [-0.2, 0) is 6.42 Å². The molecule has 0 aliphatic heterocycles. The van der Waals surface area contributed by atoms with Crippen LogP contribution in [0.1, 0.15) is 24.6 Å². The van der Waals surface area contributed by atoms with E-state index in [1.807, 2.05) is 31.2 Å². The van der Waals surface area contributed by atoms with E-state index in [2.05, 4.69) is 25.3 Å². The van der Waals surface area contributed by atoms with Crippen LogP contribution in [0.15, 0.2) is 57.7 Å². The summed E-state index contributed by atoms with van der Waals surface area (Å²) in [4.78, 5) is 8.42. The molecule has 0 aliphatic carbocycles. The molecule has 0 fully saturated rings. The van der Waals surface area contributed by atoms with Crippen molar-refractivity contribution in [1.29, 1.82) is 0 Å². The van der Waals surface area contributed by atoms with Crippen molar-refractivity contribution in [1.82, 2.24) is 25.3 Å². The summed E-state index contributed by atoms with van der Waals surface area (Å²) in [5.41, 5.74) is 1.63. The van der Waals surface area contributed by atoms with Gasteiger partial charge in [-0.1, -0.05) is 35.8 Å². The van der Waals surface area contributed by atoms with Crippen molar-refractivity contribution in [3.8, 4) is 22.8 Å². The number of pyridine rings is 1. The highest BCUT2D eigenvalue weighted by Gasteiger charge is 2.19. The SMILES string of the molecule is CC(Cc1nnc(-c2ccncc2)o1)c1nc(-c2cccc(Cl)c2)no1. The number of aromatic nitrogens is 5. The van der Waals surface area contributed by atoms with Crippen LogP contribution in [0.4, 0.5) is 0 Å². The zero-order chi connectivity index (χ0) is 17.9. The van der Waals surface area contributed by atoms with Gasteiger partial charge in [-0.2, -0.15) is 4.98 Å². The van der Waals surface area contributed by atoms with Gasteiger partial charge < -0.3 is 8.94 Å². The number of rotatable bonds is 5. The van der Waals surface area contributed by atoms with Gasteiger partial charge in [-0.3, -0.25) is 4.98 Å². The Hall–Kier alpha value is -3.06. The molecule has 0 saturated heterocycles. The minimum Gasteiger partial charge on any atom is -0.421 e. The first-order valence-electron chi connectivity index (χ1n) is 8.01. The fourth-order valence-electron chi connectivity index (χ4n) is 2.48. The summed E-state index contributed by atoms with van der Waals surface area (Å²) < 4.78 is 11.1. The van der Waals surface area contributed by atoms with Crippen molar-refractivity contribution in [2.24, 2.45) is 0 Å². The molecule has 3 heterocycles. The lowest BCUT2D eigenvalue weighted by atomic mass is 10.1. The van der Waals surface area contributed by atoms with Gasteiger partial charge in [0.2, 0.25) is 23.5 Å². The Morgan fingerprint density at radius 1 is 1.08 bits per heavy atom. The largest absolute Gasteiger partial charge is 0.421 e. The highest BCUT2D eigenvalue weighted by molar-refractivity contribution is 6.30. The van der Waals surface area contributed by atoms with Gasteiger partial charge in [-0.05, 0) is 24.3 Å². The third-order valence-corrected chi connectivity index (χ3v) is 4.06. The number of hydrogen-bond donors (Lipinski definition) is 0. The van der Waals surface area contributed by atoms with Crippen molar-refractivity contribution in [3.63, 3.8) is 0 Å². The maximum Gasteiger partial charge on any atom is 0.247 e. The zero-order valence-corrected chi connectivity index (χ0v) is 14.6. The molecule has 3 aromatic heterocycles. The fraction of sp³-hybridized carbons (Fsp3) is 0.167. The van der Waals surface area contributed by atoms with Crippen molar-refractivity contribution in [2.45, 2.75) is 19.3 Å². The molecule has 1 atom stereocenters. The first kappa shape index (κ1) is 16.4. The Balaban J connectivity index is 1.49. The van der Waals surface area contributed by atoms with Gasteiger partial charge in [0.05, 0.1) is 0 Å². The van der Waals surface area contributed by atoms with Gasteiger partial charge in [-0.15, -0.1) is 10.2 Å². The number of nitrogens with zero attached hydrogens (tertiary/aromatic N) is 5. The highest BCUT2D eigenvalue weighted by atomic mass is 35.5. The maximum absolute atomic E-state index is 6.01. The van der Waals surface area contributed by atoms with E-state index in [0.717, 1.165) is 11.1 Å². The highest BCUT2D eigenvalue weighted by Crippen LogP contribution is 2.25. The molecule has 0 amide bonds. The standard InChI is InChI=1S/C18H14ClN5O2/c1-11(9-15-22-23-18(25-15)12-5-7-20-8-6-12)17-21-16(24-26-17)13-3-2-4-14(19)10-13/h2-8,10-11H,9H2,1H3. The second kappa shape index (κ2) is 7.05. The summed E-state index contributed by atoms with van der Waals surface area (Å²) in [6.07, 6.45) is 3.85. The van der Waals surface area contributed by atoms with Crippen LogP contribution >= 0.6 is 11.6 Å². The minimum absolute atomic E-state index is 0.0684. The molecule has 1 unspecified atom stereocenters. The summed E-state index contributed by atoms with van der Waals surface area (Å²) in [6.45, 7) is 1.96. The molecular weight excluding hydrogens is 354 g/mol. The molecule has 4 aromatic rings. The first-order chi connectivity index (χ1) is 12.7. The normalized spacial score (nSPS) is 12.2. The molecule has 8 heteroatoms. The molecule has 26 heavy (non-hydrogen) atoms. The van der Waals surface area contributed by atoms with Gasteiger partial charge in [0.1, 0.15) is 0 Å². The second-order valence-corrected chi connectivity index (χ2v) is 6.25. The van der Waals surface area contributed by atoms with E-state index < -0.39 is 0 Å². The number of halogens is 1. The van der Waals surface area contributed by atoms with Crippen LogP contribution in [0.5, 0.6) is 0 Å². The number of benzene rings is 1. The zero-order valence-electron chi connectivity index (χ0n) is 13.8. The predicted molar refractivity (Wildman–Crippen MR) is 94.4 cm³/mol. The third kappa shape index (κ3) is 3.48. The van der Waals surface area contributed by atoms with E-state index >= 15 is 0 Å². The molecule has 1 aromatic carbocycles. The van der Waals surface area contributed by atoms with Crippen LogP contribution < -0.4 is 0 Å². The van der Waals surface area contributed by atoms with E-state index in [0.29, 0.717) is 34.9 Å². The van der Waals surface area contributed by atoms with E-state index in [9.17, 15) is 0 Å². The van der Waals surface area contributed by atoms with Crippen LogP contribution in [0, 0.1) is 0 Å². The lowest BCUT2D eigenvalue weighted by Crippen LogP contribution is -1.99. The predicted octanol–water partition coefficient (Wildman–Crippen LogP) is 4.18. The molecule has 0 N–H and O–H groups in total. The summed E-state index contributed by atoms with van der Waals surface area (Å²) in [5.74, 6) is 1.90.